The molecule has 0 bridgehead atoms. The minimum atomic E-state index is -0.915. The number of fused-ring (bicyclic) bond motifs is 3. The van der Waals surface area contributed by atoms with Crippen molar-refractivity contribution < 1.29 is 15.0 Å². The van der Waals surface area contributed by atoms with Gasteiger partial charge in [-0.1, -0.05) is 12.2 Å². The van der Waals surface area contributed by atoms with E-state index in [2.05, 4.69) is 5.10 Å². The number of aliphatic hydroxyl groups excluding tert-OH is 1. The van der Waals surface area contributed by atoms with Gasteiger partial charge in [0.05, 0.1) is 30.6 Å². The molecular weight excluding hydrogens is 234 g/mol. The summed E-state index contributed by atoms with van der Waals surface area (Å²) in [5.74, 6) is 0. The van der Waals surface area contributed by atoms with Crippen molar-refractivity contribution in [2.24, 2.45) is 0 Å². The molecule has 3 heterocycles. The first-order chi connectivity index (χ1) is 8.66. The fraction of sp³-hybridized carbons (Fsp3) is 0.500. The van der Waals surface area contributed by atoms with E-state index in [-0.39, 0.29) is 0 Å². The zero-order chi connectivity index (χ0) is 12.7. The topological polar surface area (TPSA) is 78.6 Å². The number of carboxylic acid groups (broad SMARTS) is 1. The van der Waals surface area contributed by atoms with Gasteiger partial charge in [-0.3, -0.25) is 4.68 Å². The lowest BCUT2D eigenvalue weighted by molar-refractivity contribution is 0.137. The van der Waals surface area contributed by atoms with Gasteiger partial charge in [-0.2, -0.15) is 5.10 Å². The smallest absolute Gasteiger partial charge is 0.407 e. The second kappa shape index (κ2) is 4.13. The highest BCUT2D eigenvalue weighted by atomic mass is 16.4. The Labute approximate surface area is 104 Å². The van der Waals surface area contributed by atoms with Crippen LogP contribution < -0.4 is 0 Å². The summed E-state index contributed by atoms with van der Waals surface area (Å²) < 4.78 is 1.80. The Morgan fingerprint density at radius 3 is 3.06 bits per heavy atom. The molecule has 0 fully saturated rings. The van der Waals surface area contributed by atoms with Gasteiger partial charge in [-0.15, -0.1) is 0 Å². The first-order valence-electron chi connectivity index (χ1n) is 6.06. The fourth-order valence-corrected chi connectivity index (χ4v) is 2.63. The zero-order valence-corrected chi connectivity index (χ0v) is 9.91. The largest absolute Gasteiger partial charge is 0.465 e. The molecular formula is C12H15N3O3. The summed E-state index contributed by atoms with van der Waals surface area (Å²) in [6, 6.07) is 0. The molecule has 0 spiro atoms. The van der Waals surface area contributed by atoms with Crippen molar-refractivity contribution in [1.82, 2.24) is 14.7 Å². The number of carbonyl (C=O) groups is 1. The van der Waals surface area contributed by atoms with Gasteiger partial charge >= 0.3 is 6.09 Å². The molecule has 6 heteroatoms. The Balaban J connectivity index is 2.02. The molecule has 2 aliphatic rings. The Morgan fingerprint density at radius 2 is 2.28 bits per heavy atom. The predicted octanol–water partition coefficient (Wildman–Crippen LogP) is 0.913. The minimum Gasteiger partial charge on any atom is -0.465 e. The third-order valence-electron chi connectivity index (χ3n) is 3.54. The normalized spacial score (nSPS) is 22.3. The zero-order valence-electron chi connectivity index (χ0n) is 9.91. The Kier molecular flexibility index (Phi) is 2.59. The SMILES string of the molecule is O=C(O)N1CCc2nn3c(c2C1)C(O)CC=CC3. The summed E-state index contributed by atoms with van der Waals surface area (Å²) in [4.78, 5) is 12.4. The summed E-state index contributed by atoms with van der Waals surface area (Å²) in [5, 5.41) is 23.7. The number of aromatic nitrogens is 2. The number of hydrogen-bond acceptors (Lipinski definition) is 3. The van der Waals surface area contributed by atoms with Gasteiger partial charge in [0.15, 0.2) is 0 Å². The molecule has 0 radical (unpaired) electrons. The molecule has 0 aromatic carbocycles. The van der Waals surface area contributed by atoms with E-state index in [1.807, 2.05) is 12.2 Å². The van der Waals surface area contributed by atoms with E-state index in [0.29, 0.717) is 32.5 Å². The van der Waals surface area contributed by atoms with Gasteiger partial charge in [0.25, 0.3) is 0 Å². The van der Waals surface area contributed by atoms with Crippen molar-refractivity contribution in [3.63, 3.8) is 0 Å². The molecule has 1 aromatic rings. The number of rotatable bonds is 0. The highest BCUT2D eigenvalue weighted by Crippen LogP contribution is 2.30. The summed E-state index contributed by atoms with van der Waals surface area (Å²) >= 11 is 0. The van der Waals surface area contributed by atoms with Crippen molar-refractivity contribution in [1.29, 1.82) is 0 Å². The lowest BCUT2D eigenvalue weighted by Gasteiger charge is -2.24. The molecule has 0 saturated heterocycles. The maximum absolute atomic E-state index is 11.0. The van der Waals surface area contributed by atoms with Crippen LogP contribution in [0.1, 0.15) is 29.5 Å². The van der Waals surface area contributed by atoms with Gasteiger partial charge in [0, 0.05) is 18.5 Å². The summed E-state index contributed by atoms with van der Waals surface area (Å²) in [6.45, 7) is 1.45. The van der Waals surface area contributed by atoms with E-state index in [1.54, 1.807) is 4.68 Å². The van der Waals surface area contributed by atoms with E-state index < -0.39 is 12.2 Å². The highest BCUT2D eigenvalue weighted by molar-refractivity contribution is 5.65. The summed E-state index contributed by atoms with van der Waals surface area (Å²) in [6.07, 6.45) is 3.59. The van der Waals surface area contributed by atoms with Crippen molar-refractivity contribution >= 4 is 6.09 Å². The number of aliphatic hydroxyl groups is 1. The van der Waals surface area contributed by atoms with Crippen molar-refractivity contribution in [2.45, 2.75) is 32.0 Å². The van der Waals surface area contributed by atoms with Crippen LogP contribution in [-0.4, -0.2) is 37.5 Å². The maximum atomic E-state index is 11.0. The Hall–Kier alpha value is -1.82. The first-order valence-corrected chi connectivity index (χ1v) is 6.06. The second-order valence-electron chi connectivity index (χ2n) is 4.67. The van der Waals surface area contributed by atoms with Crippen LogP contribution in [-0.2, 0) is 19.5 Å². The molecule has 0 aliphatic carbocycles. The number of hydrogen-bond donors (Lipinski definition) is 2. The third-order valence-corrected chi connectivity index (χ3v) is 3.54. The molecule has 6 nitrogen and oxygen atoms in total. The Morgan fingerprint density at radius 1 is 1.44 bits per heavy atom. The predicted molar refractivity (Wildman–Crippen MR) is 63.1 cm³/mol. The molecule has 1 atom stereocenters. The van der Waals surface area contributed by atoms with E-state index in [9.17, 15) is 9.90 Å². The van der Waals surface area contributed by atoms with Crippen LogP contribution >= 0.6 is 0 Å². The lowest BCUT2D eigenvalue weighted by atomic mass is 10.0. The average molecular weight is 249 g/mol. The van der Waals surface area contributed by atoms with Gasteiger partial charge in [0.2, 0.25) is 0 Å². The minimum absolute atomic E-state index is 0.330. The molecule has 1 amide bonds. The van der Waals surface area contributed by atoms with Crippen molar-refractivity contribution in [2.75, 3.05) is 6.54 Å². The number of nitrogens with zero attached hydrogens (tertiary/aromatic N) is 3. The molecule has 1 aromatic heterocycles. The van der Waals surface area contributed by atoms with Crippen LogP contribution in [0, 0.1) is 0 Å². The standard InChI is InChI=1S/C12H15N3O3/c16-10-3-1-2-5-15-11(10)8-7-14(12(17)18)6-4-9(8)13-15/h1-2,10,16H,3-7H2,(H,17,18). The maximum Gasteiger partial charge on any atom is 0.407 e. The van der Waals surface area contributed by atoms with Gasteiger partial charge in [0.1, 0.15) is 0 Å². The Bertz CT molecular complexity index is 521. The average Bonchev–Trinajstić information content (AvgIpc) is 2.61. The molecule has 0 saturated carbocycles. The van der Waals surface area contributed by atoms with Gasteiger partial charge < -0.3 is 15.1 Å². The van der Waals surface area contributed by atoms with E-state index in [4.69, 9.17) is 5.11 Å². The van der Waals surface area contributed by atoms with Crippen LogP contribution in [0.3, 0.4) is 0 Å². The van der Waals surface area contributed by atoms with Gasteiger partial charge in [-0.25, -0.2) is 4.79 Å². The van der Waals surface area contributed by atoms with Crippen LogP contribution in [0.25, 0.3) is 0 Å². The van der Waals surface area contributed by atoms with Crippen LogP contribution in [0.15, 0.2) is 12.2 Å². The molecule has 3 rings (SSSR count). The number of allylic oxidation sites excluding steroid dienone is 1. The highest BCUT2D eigenvalue weighted by Gasteiger charge is 2.29. The monoisotopic (exact) mass is 249 g/mol. The van der Waals surface area contributed by atoms with Crippen LogP contribution in [0.2, 0.25) is 0 Å². The molecule has 2 aliphatic heterocycles. The first kappa shape index (κ1) is 11.3. The van der Waals surface area contributed by atoms with Crippen LogP contribution in [0.5, 0.6) is 0 Å². The molecule has 2 N–H and O–H groups in total. The van der Waals surface area contributed by atoms with Crippen molar-refractivity contribution in [3.05, 3.63) is 29.1 Å². The quantitative estimate of drug-likeness (QED) is 0.670. The van der Waals surface area contributed by atoms with E-state index in [1.165, 1.54) is 4.90 Å². The molecule has 18 heavy (non-hydrogen) atoms. The summed E-state index contributed by atoms with van der Waals surface area (Å²) in [7, 11) is 0. The van der Waals surface area contributed by atoms with E-state index >= 15 is 0 Å². The molecule has 96 valence electrons. The third kappa shape index (κ3) is 1.69. The van der Waals surface area contributed by atoms with E-state index in [0.717, 1.165) is 17.0 Å². The van der Waals surface area contributed by atoms with Crippen molar-refractivity contribution in [3.8, 4) is 0 Å². The molecule has 1 unspecified atom stereocenters. The summed E-state index contributed by atoms with van der Waals surface area (Å²) in [5.41, 5.74) is 2.60. The lowest BCUT2D eigenvalue weighted by Crippen LogP contribution is -2.35. The van der Waals surface area contributed by atoms with Gasteiger partial charge in [-0.05, 0) is 6.42 Å². The number of amides is 1. The van der Waals surface area contributed by atoms with Crippen LogP contribution in [0.4, 0.5) is 4.79 Å². The second-order valence-corrected chi connectivity index (χ2v) is 4.67. The fourth-order valence-electron chi connectivity index (χ4n) is 2.63.